The molecule has 0 aliphatic carbocycles. The number of aliphatic imine (C=N–C) groups is 1. The Morgan fingerprint density at radius 3 is 2.42 bits per heavy atom. The second-order valence-electron chi connectivity index (χ2n) is 6.59. The lowest BCUT2D eigenvalue weighted by atomic mass is 9.99. The van der Waals surface area contributed by atoms with Crippen LogP contribution >= 0.6 is 0 Å². The number of allylic oxidation sites excluding steroid dienone is 1. The molecule has 0 saturated heterocycles. The van der Waals surface area contributed by atoms with E-state index in [9.17, 15) is 15.0 Å². The van der Waals surface area contributed by atoms with E-state index in [1.54, 1.807) is 14.0 Å². The number of amides is 1. The monoisotopic (exact) mass is 358 g/mol. The van der Waals surface area contributed by atoms with Gasteiger partial charge in [0.25, 0.3) is 5.91 Å². The van der Waals surface area contributed by atoms with Crippen LogP contribution in [0.25, 0.3) is 0 Å². The average molecular weight is 358 g/mol. The van der Waals surface area contributed by atoms with Crippen molar-refractivity contribution in [2.75, 3.05) is 7.11 Å². The molecule has 3 N–H and O–H groups in total. The van der Waals surface area contributed by atoms with Gasteiger partial charge in [-0.05, 0) is 44.9 Å². The highest BCUT2D eigenvalue weighted by molar-refractivity contribution is 6.25. The Bertz CT molecular complexity index is 744. The largest absolute Gasteiger partial charge is 0.505 e. The number of hydrogen-bond donors (Lipinski definition) is 3. The maximum Gasteiger partial charge on any atom is 0.261 e. The zero-order chi connectivity index (χ0) is 19.3. The van der Waals surface area contributed by atoms with E-state index in [2.05, 4.69) is 10.3 Å². The lowest BCUT2D eigenvalue weighted by Crippen LogP contribution is -2.26. The maximum atomic E-state index is 12.5. The third-order valence-corrected chi connectivity index (χ3v) is 4.11. The molecular formula is C20H26N2O4. The summed E-state index contributed by atoms with van der Waals surface area (Å²) in [4.78, 5) is 17.1. The lowest BCUT2D eigenvalue weighted by Gasteiger charge is -2.18. The van der Waals surface area contributed by atoms with Crippen molar-refractivity contribution in [3.63, 3.8) is 0 Å². The number of aliphatic hydroxyl groups is 2. The fraction of sp³-hybridized carbons (Fsp3) is 0.400. The predicted octanol–water partition coefficient (Wildman–Crippen LogP) is 3.17. The molecule has 0 bridgehead atoms. The standard InChI is InChI=1S/C20H26N2O4/c1-12(2)18-19(24)17(20(25)22-18)16(11-15(26-4)10-13(3)23)21-14-8-6-5-7-9-14/h5-9,13,15,23-24H,10-11H2,1-4H3,(H,22,25)/t13-,15-/m0/s1. The summed E-state index contributed by atoms with van der Waals surface area (Å²) >= 11 is 0. The number of nitrogens with zero attached hydrogens (tertiary/aromatic N) is 1. The molecule has 26 heavy (non-hydrogen) atoms. The Labute approximate surface area is 153 Å². The summed E-state index contributed by atoms with van der Waals surface area (Å²) < 4.78 is 5.44. The predicted molar refractivity (Wildman–Crippen MR) is 101 cm³/mol. The molecule has 0 radical (unpaired) electrons. The van der Waals surface area contributed by atoms with Gasteiger partial charge in [0.1, 0.15) is 5.57 Å². The van der Waals surface area contributed by atoms with Gasteiger partial charge in [-0.2, -0.15) is 0 Å². The van der Waals surface area contributed by atoms with Gasteiger partial charge >= 0.3 is 0 Å². The highest BCUT2D eigenvalue weighted by Crippen LogP contribution is 2.26. The van der Waals surface area contributed by atoms with Gasteiger partial charge in [0.15, 0.2) is 5.76 Å². The van der Waals surface area contributed by atoms with E-state index >= 15 is 0 Å². The molecule has 0 spiro atoms. The SMILES string of the molecule is CO[C@H](CC(=Nc1ccccc1)C1=C(O)C(=C(C)C)NC1=O)C[C@H](C)O. The van der Waals surface area contributed by atoms with E-state index in [1.807, 2.05) is 44.2 Å². The van der Waals surface area contributed by atoms with Crippen LogP contribution in [0.5, 0.6) is 0 Å². The van der Waals surface area contributed by atoms with Gasteiger partial charge in [-0.1, -0.05) is 18.2 Å². The molecule has 2 rings (SSSR count). The highest BCUT2D eigenvalue weighted by Gasteiger charge is 2.32. The smallest absolute Gasteiger partial charge is 0.261 e. The number of hydrogen-bond acceptors (Lipinski definition) is 5. The van der Waals surface area contributed by atoms with Gasteiger partial charge in [0, 0.05) is 13.5 Å². The van der Waals surface area contributed by atoms with Crippen molar-refractivity contribution in [1.82, 2.24) is 5.32 Å². The Kier molecular flexibility index (Phi) is 6.71. The van der Waals surface area contributed by atoms with E-state index in [0.29, 0.717) is 29.9 Å². The molecule has 1 aliphatic rings. The molecular weight excluding hydrogens is 332 g/mol. The first-order valence-corrected chi connectivity index (χ1v) is 8.59. The Hall–Kier alpha value is -2.44. The van der Waals surface area contributed by atoms with Crippen molar-refractivity contribution in [3.8, 4) is 0 Å². The second-order valence-corrected chi connectivity index (χ2v) is 6.59. The number of para-hydroxylation sites is 1. The minimum absolute atomic E-state index is 0.100. The van der Waals surface area contributed by atoms with Crippen molar-refractivity contribution in [2.24, 2.45) is 4.99 Å². The van der Waals surface area contributed by atoms with E-state index in [-0.39, 0.29) is 23.3 Å². The number of carbonyl (C=O) groups excluding carboxylic acids is 1. The van der Waals surface area contributed by atoms with Crippen LogP contribution in [0.4, 0.5) is 5.69 Å². The number of nitrogens with one attached hydrogen (secondary N) is 1. The molecule has 1 aromatic rings. The van der Waals surface area contributed by atoms with Crippen molar-refractivity contribution in [3.05, 3.63) is 52.9 Å². The molecule has 0 fully saturated rings. The number of carbonyl (C=O) groups is 1. The Morgan fingerprint density at radius 2 is 1.92 bits per heavy atom. The van der Waals surface area contributed by atoms with Gasteiger partial charge in [-0.15, -0.1) is 0 Å². The Morgan fingerprint density at radius 1 is 1.27 bits per heavy atom. The summed E-state index contributed by atoms with van der Waals surface area (Å²) in [7, 11) is 1.55. The summed E-state index contributed by atoms with van der Waals surface area (Å²) in [6, 6.07) is 9.23. The van der Waals surface area contributed by atoms with Crippen LogP contribution in [-0.2, 0) is 9.53 Å². The van der Waals surface area contributed by atoms with Crippen molar-refractivity contribution < 1.29 is 19.7 Å². The molecule has 140 valence electrons. The number of methoxy groups -OCH3 is 1. The molecule has 1 heterocycles. The topological polar surface area (TPSA) is 91.2 Å². The zero-order valence-electron chi connectivity index (χ0n) is 15.6. The van der Waals surface area contributed by atoms with Crippen LogP contribution in [0.3, 0.4) is 0 Å². The molecule has 2 atom stereocenters. The molecule has 0 unspecified atom stereocenters. The van der Waals surface area contributed by atoms with Gasteiger partial charge in [-0.3, -0.25) is 9.79 Å². The van der Waals surface area contributed by atoms with Crippen LogP contribution in [0.1, 0.15) is 33.6 Å². The quantitative estimate of drug-likeness (QED) is 0.653. The third-order valence-electron chi connectivity index (χ3n) is 4.11. The van der Waals surface area contributed by atoms with Crippen molar-refractivity contribution >= 4 is 17.3 Å². The molecule has 6 heteroatoms. The summed E-state index contributed by atoms with van der Waals surface area (Å²) in [5.41, 5.74) is 2.47. The second kappa shape index (κ2) is 8.78. The van der Waals surface area contributed by atoms with E-state index < -0.39 is 6.10 Å². The summed E-state index contributed by atoms with van der Waals surface area (Å²) in [5, 5.41) is 22.9. The van der Waals surface area contributed by atoms with E-state index in [1.165, 1.54) is 0 Å². The minimum Gasteiger partial charge on any atom is -0.505 e. The molecule has 1 aromatic carbocycles. The fourth-order valence-corrected chi connectivity index (χ4v) is 2.82. The van der Waals surface area contributed by atoms with Gasteiger partial charge in [-0.25, -0.2) is 0 Å². The summed E-state index contributed by atoms with van der Waals surface area (Å²) in [6.07, 6.45) is -0.193. The zero-order valence-corrected chi connectivity index (χ0v) is 15.6. The van der Waals surface area contributed by atoms with Gasteiger partial charge in [0.2, 0.25) is 0 Å². The van der Waals surface area contributed by atoms with Crippen LogP contribution in [0.15, 0.2) is 57.9 Å². The van der Waals surface area contributed by atoms with Crippen LogP contribution in [0, 0.1) is 0 Å². The first-order chi connectivity index (χ1) is 12.3. The first-order valence-electron chi connectivity index (χ1n) is 8.59. The molecule has 0 aromatic heterocycles. The fourth-order valence-electron chi connectivity index (χ4n) is 2.82. The third kappa shape index (κ3) is 4.80. The molecule has 6 nitrogen and oxygen atoms in total. The van der Waals surface area contributed by atoms with Crippen LogP contribution < -0.4 is 5.32 Å². The lowest BCUT2D eigenvalue weighted by molar-refractivity contribution is -0.115. The highest BCUT2D eigenvalue weighted by atomic mass is 16.5. The van der Waals surface area contributed by atoms with Gasteiger partial charge < -0.3 is 20.3 Å². The van der Waals surface area contributed by atoms with E-state index in [4.69, 9.17) is 4.74 Å². The van der Waals surface area contributed by atoms with Crippen molar-refractivity contribution in [1.29, 1.82) is 0 Å². The normalized spacial score (nSPS) is 17.3. The van der Waals surface area contributed by atoms with Crippen LogP contribution in [0.2, 0.25) is 0 Å². The summed E-state index contributed by atoms with van der Waals surface area (Å²) in [6.45, 7) is 5.31. The van der Waals surface area contributed by atoms with Gasteiger partial charge in [0.05, 0.1) is 29.3 Å². The number of aliphatic hydroxyl groups excluding tert-OH is 2. The molecule has 0 saturated carbocycles. The van der Waals surface area contributed by atoms with Crippen LogP contribution in [-0.4, -0.2) is 41.1 Å². The van der Waals surface area contributed by atoms with Crippen molar-refractivity contribution in [2.45, 2.75) is 45.8 Å². The number of ether oxygens (including phenoxy) is 1. The number of benzene rings is 1. The molecule has 1 amide bonds. The first kappa shape index (κ1) is 19.9. The number of rotatable bonds is 7. The minimum atomic E-state index is -0.550. The van der Waals surface area contributed by atoms with E-state index in [0.717, 1.165) is 5.57 Å². The molecule has 1 aliphatic heterocycles. The maximum absolute atomic E-state index is 12.5. The average Bonchev–Trinajstić information content (AvgIpc) is 2.89. The summed E-state index contributed by atoms with van der Waals surface area (Å²) in [5.74, 6) is -0.489. The Balaban J connectivity index is 2.49.